The van der Waals surface area contributed by atoms with Gasteiger partial charge in [0.25, 0.3) is 0 Å². The molecule has 0 unspecified atom stereocenters. The van der Waals surface area contributed by atoms with Crippen LogP contribution in [0.15, 0.2) is 18.2 Å². The third-order valence-electron chi connectivity index (χ3n) is 3.05. The number of rotatable bonds is 7. The number of carboxylic acid groups (broad SMARTS) is 1. The average molecular weight is 269 g/mol. The average Bonchev–Trinajstić information content (AvgIpc) is 3.11. The van der Waals surface area contributed by atoms with Crippen LogP contribution in [-0.2, 0) is 11.2 Å². The molecule has 1 aliphatic rings. The lowest BCUT2D eigenvalue weighted by Crippen LogP contribution is -2.03. The van der Waals surface area contributed by atoms with E-state index in [1.165, 1.54) is 12.8 Å². The lowest BCUT2D eigenvalue weighted by molar-refractivity contribution is -0.137. The van der Waals surface area contributed by atoms with Gasteiger partial charge < -0.3 is 9.84 Å². The number of aliphatic carboxylic acids is 1. The molecule has 1 saturated carbocycles. The van der Waals surface area contributed by atoms with Gasteiger partial charge in [-0.1, -0.05) is 23.7 Å². The number of aryl methyl sites for hydroxylation is 1. The molecule has 1 N–H and O–H groups in total. The molecule has 1 fully saturated rings. The van der Waals surface area contributed by atoms with Crippen molar-refractivity contribution in [2.75, 3.05) is 6.61 Å². The molecule has 0 radical (unpaired) electrons. The fourth-order valence-electron chi connectivity index (χ4n) is 1.83. The second-order valence-corrected chi connectivity index (χ2v) is 5.14. The maximum atomic E-state index is 10.5. The van der Waals surface area contributed by atoms with E-state index in [4.69, 9.17) is 21.4 Å². The summed E-state index contributed by atoms with van der Waals surface area (Å²) in [6.07, 6.45) is 3.94. The molecule has 1 aromatic carbocycles. The van der Waals surface area contributed by atoms with Gasteiger partial charge in [0.05, 0.1) is 11.6 Å². The van der Waals surface area contributed by atoms with Gasteiger partial charge in [0, 0.05) is 6.42 Å². The molecular formula is C14H17ClO3. The van der Waals surface area contributed by atoms with Crippen LogP contribution in [0.1, 0.15) is 31.2 Å². The Kier molecular flexibility index (Phi) is 4.48. The standard InChI is InChI=1S/C14H17ClO3/c15-12-5-1-3-11(4-2-6-13(16)17)14(12)18-9-10-7-8-10/h1,3,5,10H,2,4,6-9H2,(H,16,17). The van der Waals surface area contributed by atoms with Gasteiger partial charge in [0.1, 0.15) is 5.75 Å². The monoisotopic (exact) mass is 268 g/mol. The Bertz CT molecular complexity index is 427. The van der Waals surface area contributed by atoms with Crippen molar-refractivity contribution in [3.8, 4) is 5.75 Å². The van der Waals surface area contributed by atoms with Crippen molar-refractivity contribution < 1.29 is 14.6 Å². The summed E-state index contributed by atoms with van der Waals surface area (Å²) in [5.41, 5.74) is 1.00. The SMILES string of the molecule is O=C(O)CCCc1cccc(Cl)c1OCC1CC1. The molecule has 4 heteroatoms. The first-order chi connectivity index (χ1) is 8.66. The minimum atomic E-state index is -0.766. The second kappa shape index (κ2) is 6.10. The van der Waals surface area contributed by atoms with Crippen LogP contribution in [0.2, 0.25) is 5.02 Å². The highest BCUT2D eigenvalue weighted by Gasteiger charge is 2.22. The zero-order valence-electron chi connectivity index (χ0n) is 10.2. The minimum absolute atomic E-state index is 0.175. The maximum Gasteiger partial charge on any atom is 0.303 e. The summed E-state index contributed by atoms with van der Waals surface area (Å²) in [5.74, 6) is 0.641. The molecule has 1 aliphatic carbocycles. The lowest BCUT2D eigenvalue weighted by atomic mass is 10.1. The molecule has 0 bridgehead atoms. The van der Waals surface area contributed by atoms with Crippen LogP contribution in [-0.4, -0.2) is 17.7 Å². The number of hydrogen-bond donors (Lipinski definition) is 1. The normalized spacial score (nSPS) is 14.5. The van der Waals surface area contributed by atoms with Crippen molar-refractivity contribution in [1.29, 1.82) is 0 Å². The van der Waals surface area contributed by atoms with Gasteiger partial charge >= 0.3 is 5.97 Å². The summed E-state index contributed by atoms with van der Waals surface area (Å²) >= 11 is 6.13. The zero-order chi connectivity index (χ0) is 13.0. The van der Waals surface area contributed by atoms with Gasteiger partial charge in [-0.15, -0.1) is 0 Å². The predicted octanol–water partition coefficient (Wildman–Crippen LogP) is 3.54. The van der Waals surface area contributed by atoms with Crippen molar-refractivity contribution in [3.05, 3.63) is 28.8 Å². The van der Waals surface area contributed by atoms with Gasteiger partial charge in [-0.3, -0.25) is 4.79 Å². The van der Waals surface area contributed by atoms with Gasteiger partial charge in [-0.05, 0) is 43.2 Å². The fraction of sp³-hybridized carbons (Fsp3) is 0.500. The third kappa shape index (κ3) is 3.91. The van der Waals surface area contributed by atoms with Crippen molar-refractivity contribution in [2.45, 2.75) is 32.1 Å². The number of para-hydroxylation sites is 1. The molecule has 0 saturated heterocycles. The molecule has 2 rings (SSSR count). The smallest absolute Gasteiger partial charge is 0.303 e. The third-order valence-corrected chi connectivity index (χ3v) is 3.34. The zero-order valence-corrected chi connectivity index (χ0v) is 10.9. The van der Waals surface area contributed by atoms with E-state index < -0.39 is 5.97 Å². The lowest BCUT2D eigenvalue weighted by Gasteiger charge is -2.12. The van der Waals surface area contributed by atoms with Crippen LogP contribution in [0.4, 0.5) is 0 Å². The van der Waals surface area contributed by atoms with Crippen LogP contribution < -0.4 is 4.74 Å². The van der Waals surface area contributed by atoms with E-state index in [1.807, 2.05) is 18.2 Å². The van der Waals surface area contributed by atoms with Gasteiger partial charge in [-0.25, -0.2) is 0 Å². The molecule has 0 aromatic heterocycles. The molecule has 0 aliphatic heterocycles. The van der Waals surface area contributed by atoms with E-state index in [9.17, 15) is 4.79 Å². The van der Waals surface area contributed by atoms with E-state index >= 15 is 0 Å². The predicted molar refractivity (Wildman–Crippen MR) is 70.2 cm³/mol. The number of carbonyl (C=O) groups is 1. The molecule has 0 atom stereocenters. The fourth-order valence-corrected chi connectivity index (χ4v) is 2.08. The van der Waals surface area contributed by atoms with Gasteiger partial charge in [0.15, 0.2) is 0 Å². The van der Waals surface area contributed by atoms with E-state index in [1.54, 1.807) is 0 Å². The minimum Gasteiger partial charge on any atom is -0.491 e. The number of hydrogen-bond acceptors (Lipinski definition) is 2. The number of carboxylic acids is 1. The molecule has 18 heavy (non-hydrogen) atoms. The number of halogens is 1. The summed E-state index contributed by atoms with van der Waals surface area (Å²) in [6.45, 7) is 0.718. The van der Waals surface area contributed by atoms with Crippen LogP contribution in [0.3, 0.4) is 0 Å². The van der Waals surface area contributed by atoms with Gasteiger partial charge in [0.2, 0.25) is 0 Å². The Morgan fingerprint density at radius 1 is 1.44 bits per heavy atom. The Balaban J connectivity index is 1.97. The largest absolute Gasteiger partial charge is 0.491 e. The van der Waals surface area contributed by atoms with Crippen molar-refractivity contribution >= 4 is 17.6 Å². The molecule has 98 valence electrons. The highest BCUT2D eigenvalue weighted by molar-refractivity contribution is 6.32. The first kappa shape index (κ1) is 13.2. The highest BCUT2D eigenvalue weighted by atomic mass is 35.5. The first-order valence-electron chi connectivity index (χ1n) is 6.29. The summed E-state index contributed by atoms with van der Waals surface area (Å²) in [5, 5.41) is 9.26. The molecule has 0 amide bonds. The summed E-state index contributed by atoms with van der Waals surface area (Å²) < 4.78 is 5.77. The van der Waals surface area contributed by atoms with E-state index in [0.717, 1.165) is 17.9 Å². The first-order valence-corrected chi connectivity index (χ1v) is 6.66. The summed E-state index contributed by atoms with van der Waals surface area (Å²) in [7, 11) is 0. The van der Waals surface area contributed by atoms with Crippen molar-refractivity contribution in [2.24, 2.45) is 5.92 Å². The molecule has 3 nitrogen and oxygen atoms in total. The quantitative estimate of drug-likeness (QED) is 0.823. The van der Waals surface area contributed by atoms with Crippen LogP contribution in [0.5, 0.6) is 5.75 Å². The molecule has 1 aromatic rings. The second-order valence-electron chi connectivity index (χ2n) is 4.73. The molecule has 0 spiro atoms. The van der Waals surface area contributed by atoms with Crippen LogP contribution in [0, 0.1) is 5.92 Å². The van der Waals surface area contributed by atoms with E-state index in [-0.39, 0.29) is 6.42 Å². The van der Waals surface area contributed by atoms with Crippen molar-refractivity contribution in [1.82, 2.24) is 0 Å². The number of ether oxygens (including phenoxy) is 1. The number of benzene rings is 1. The Labute approximate surface area is 112 Å². The summed E-state index contributed by atoms with van der Waals surface area (Å²) in [4.78, 5) is 10.5. The van der Waals surface area contributed by atoms with E-state index in [0.29, 0.717) is 23.8 Å². The Morgan fingerprint density at radius 2 is 2.22 bits per heavy atom. The van der Waals surface area contributed by atoms with Crippen LogP contribution in [0.25, 0.3) is 0 Å². The van der Waals surface area contributed by atoms with E-state index in [2.05, 4.69) is 0 Å². The highest BCUT2D eigenvalue weighted by Crippen LogP contribution is 2.34. The van der Waals surface area contributed by atoms with Crippen LogP contribution >= 0.6 is 11.6 Å². The Morgan fingerprint density at radius 3 is 2.89 bits per heavy atom. The van der Waals surface area contributed by atoms with Gasteiger partial charge in [-0.2, -0.15) is 0 Å². The molecular weight excluding hydrogens is 252 g/mol. The Hall–Kier alpha value is -1.22. The topological polar surface area (TPSA) is 46.5 Å². The maximum absolute atomic E-state index is 10.5. The van der Waals surface area contributed by atoms with Crippen molar-refractivity contribution in [3.63, 3.8) is 0 Å². The molecule has 0 heterocycles. The summed E-state index contributed by atoms with van der Waals surface area (Å²) in [6, 6.07) is 5.64.